The number of aromatic nitrogens is 1. The fourth-order valence-corrected chi connectivity index (χ4v) is 2.20. The Morgan fingerprint density at radius 3 is 2.45 bits per heavy atom. The van der Waals surface area contributed by atoms with E-state index in [0.717, 1.165) is 23.0 Å². The number of hydrogen-bond donors (Lipinski definition) is 0. The highest BCUT2D eigenvalue weighted by Gasteiger charge is 2.31. The van der Waals surface area contributed by atoms with Gasteiger partial charge >= 0.3 is 6.18 Å². The molecule has 0 saturated heterocycles. The molecule has 2 nitrogen and oxygen atoms in total. The quantitative estimate of drug-likeness (QED) is 0.653. The molecule has 0 bridgehead atoms. The summed E-state index contributed by atoms with van der Waals surface area (Å²) in [5.74, 6) is -0.482. The van der Waals surface area contributed by atoms with E-state index in [1.54, 1.807) is 18.2 Å². The summed E-state index contributed by atoms with van der Waals surface area (Å²) >= 11 is 0. The summed E-state index contributed by atoms with van der Waals surface area (Å²) in [6.45, 7) is 0. The summed E-state index contributed by atoms with van der Waals surface area (Å²) < 4.78 is 38.2. The first kappa shape index (κ1) is 14.3. The van der Waals surface area contributed by atoms with Gasteiger partial charge in [-0.3, -0.25) is 9.78 Å². The van der Waals surface area contributed by atoms with Crippen molar-refractivity contribution in [2.45, 2.75) is 6.18 Å². The molecule has 0 radical (unpaired) electrons. The van der Waals surface area contributed by atoms with Gasteiger partial charge < -0.3 is 0 Å². The maximum absolute atomic E-state index is 12.7. The van der Waals surface area contributed by atoms with Gasteiger partial charge in [0.1, 0.15) is 0 Å². The topological polar surface area (TPSA) is 30.0 Å². The summed E-state index contributed by atoms with van der Waals surface area (Å²) in [7, 11) is 0. The van der Waals surface area contributed by atoms with Gasteiger partial charge in [0.15, 0.2) is 5.78 Å². The van der Waals surface area contributed by atoms with E-state index < -0.39 is 17.5 Å². The molecule has 110 valence electrons. The number of ketones is 1. The zero-order valence-electron chi connectivity index (χ0n) is 11.3. The number of fused-ring (bicyclic) bond motifs is 1. The van der Waals surface area contributed by atoms with Crippen molar-refractivity contribution in [2.24, 2.45) is 0 Å². The van der Waals surface area contributed by atoms with Crippen LogP contribution in [0.4, 0.5) is 13.2 Å². The van der Waals surface area contributed by atoms with Crippen molar-refractivity contribution in [3.05, 3.63) is 77.5 Å². The Hall–Kier alpha value is -2.69. The zero-order valence-corrected chi connectivity index (χ0v) is 11.3. The summed E-state index contributed by atoms with van der Waals surface area (Å²) in [5.41, 5.74) is 0.139. The van der Waals surface area contributed by atoms with Crippen molar-refractivity contribution < 1.29 is 18.0 Å². The van der Waals surface area contributed by atoms with E-state index in [1.165, 1.54) is 18.3 Å². The van der Waals surface area contributed by atoms with E-state index in [0.29, 0.717) is 0 Å². The first-order valence-electron chi connectivity index (χ1n) is 6.52. The summed E-state index contributed by atoms with van der Waals surface area (Å²) in [5, 5.41) is 0.764. The number of carbonyl (C=O) groups is 1. The lowest BCUT2D eigenvalue weighted by Gasteiger charge is -2.08. The molecule has 0 amide bonds. The highest BCUT2D eigenvalue weighted by molar-refractivity contribution is 6.10. The van der Waals surface area contributed by atoms with Gasteiger partial charge in [0.2, 0.25) is 0 Å². The molecule has 0 unspecified atom stereocenters. The maximum Gasteiger partial charge on any atom is 0.416 e. The number of carbonyl (C=O) groups excluding carboxylic acids is 1. The number of nitrogens with zero attached hydrogens (tertiary/aromatic N) is 1. The predicted octanol–water partition coefficient (Wildman–Crippen LogP) is 4.48. The molecular formula is C17H10F3NO. The summed E-state index contributed by atoms with van der Waals surface area (Å²) in [4.78, 5) is 16.5. The lowest BCUT2D eigenvalue weighted by Crippen LogP contribution is -2.08. The second-order valence-corrected chi connectivity index (χ2v) is 4.82. The van der Waals surface area contributed by atoms with Crippen LogP contribution in [-0.2, 0) is 6.18 Å². The number of halogens is 3. The summed E-state index contributed by atoms with van der Waals surface area (Å²) in [6.07, 6.45) is -3.09. The van der Waals surface area contributed by atoms with Crippen LogP contribution >= 0.6 is 0 Å². The molecule has 0 aliphatic rings. The van der Waals surface area contributed by atoms with Gasteiger partial charge in [0, 0.05) is 22.7 Å². The van der Waals surface area contributed by atoms with Crippen LogP contribution in [-0.4, -0.2) is 10.8 Å². The fourth-order valence-electron chi connectivity index (χ4n) is 2.20. The Morgan fingerprint density at radius 2 is 1.68 bits per heavy atom. The lowest BCUT2D eigenvalue weighted by molar-refractivity contribution is -0.137. The number of hydrogen-bond acceptors (Lipinski definition) is 2. The monoisotopic (exact) mass is 301 g/mol. The molecule has 5 heteroatoms. The Morgan fingerprint density at radius 1 is 0.909 bits per heavy atom. The average molecular weight is 301 g/mol. The standard InChI is InChI=1S/C17H10F3NO/c18-17(19,20)14-6-3-5-12(9-14)16(22)13-8-11-4-1-2-7-15(11)21-10-13/h1-10H. The number of pyridine rings is 1. The van der Waals surface area contributed by atoms with Gasteiger partial charge in [-0.1, -0.05) is 30.3 Å². The van der Waals surface area contributed by atoms with Crippen LogP contribution in [0.25, 0.3) is 10.9 Å². The van der Waals surface area contributed by atoms with E-state index in [4.69, 9.17) is 0 Å². The molecule has 0 aliphatic heterocycles. The van der Waals surface area contributed by atoms with Crippen LogP contribution in [0.15, 0.2) is 60.8 Å². The highest BCUT2D eigenvalue weighted by atomic mass is 19.4. The lowest BCUT2D eigenvalue weighted by atomic mass is 10.0. The zero-order chi connectivity index (χ0) is 15.7. The van der Waals surface area contributed by atoms with E-state index in [-0.39, 0.29) is 11.1 Å². The van der Waals surface area contributed by atoms with Crippen molar-refractivity contribution in [3.63, 3.8) is 0 Å². The van der Waals surface area contributed by atoms with Crippen molar-refractivity contribution >= 4 is 16.7 Å². The molecule has 22 heavy (non-hydrogen) atoms. The van der Waals surface area contributed by atoms with Crippen LogP contribution in [0.5, 0.6) is 0 Å². The SMILES string of the molecule is O=C(c1cccc(C(F)(F)F)c1)c1cnc2ccccc2c1. The summed E-state index contributed by atoms with van der Waals surface area (Å²) in [6, 6.07) is 13.3. The average Bonchev–Trinajstić information content (AvgIpc) is 2.53. The van der Waals surface area contributed by atoms with Crippen molar-refractivity contribution in [3.8, 4) is 0 Å². The molecule has 0 aliphatic carbocycles. The molecule has 1 heterocycles. The predicted molar refractivity (Wildman–Crippen MR) is 76.6 cm³/mol. The Labute approximate surface area is 124 Å². The molecule has 0 atom stereocenters. The van der Waals surface area contributed by atoms with E-state index in [1.807, 2.05) is 12.1 Å². The molecule has 2 aromatic carbocycles. The van der Waals surface area contributed by atoms with Gasteiger partial charge in [-0.25, -0.2) is 0 Å². The van der Waals surface area contributed by atoms with Gasteiger partial charge in [-0.05, 0) is 24.3 Å². The first-order valence-corrected chi connectivity index (χ1v) is 6.52. The van der Waals surface area contributed by atoms with Crippen molar-refractivity contribution in [2.75, 3.05) is 0 Å². The largest absolute Gasteiger partial charge is 0.416 e. The minimum absolute atomic E-state index is 0.00749. The third-order valence-corrected chi connectivity index (χ3v) is 3.30. The molecule has 3 aromatic rings. The van der Waals surface area contributed by atoms with Crippen LogP contribution < -0.4 is 0 Å². The number of benzene rings is 2. The van der Waals surface area contributed by atoms with Crippen LogP contribution in [0.2, 0.25) is 0 Å². The smallest absolute Gasteiger partial charge is 0.289 e. The van der Waals surface area contributed by atoms with Gasteiger partial charge in [-0.15, -0.1) is 0 Å². The number of rotatable bonds is 2. The second-order valence-electron chi connectivity index (χ2n) is 4.82. The Balaban J connectivity index is 2.02. The molecule has 0 fully saturated rings. The fraction of sp³-hybridized carbons (Fsp3) is 0.0588. The Bertz CT molecular complexity index is 856. The minimum atomic E-state index is -4.47. The maximum atomic E-state index is 12.7. The number of para-hydroxylation sites is 1. The van der Waals surface area contributed by atoms with Gasteiger partial charge in [0.05, 0.1) is 11.1 Å². The molecular weight excluding hydrogens is 291 g/mol. The van der Waals surface area contributed by atoms with E-state index in [9.17, 15) is 18.0 Å². The molecule has 1 aromatic heterocycles. The van der Waals surface area contributed by atoms with Crippen molar-refractivity contribution in [1.82, 2.24) is 4.98 Å². The molecule has 0 spiro atoms. The molecule has 0 saturated carbocycles. The molecule has 3 rings (SSSR count). The molecule has 0 N–H and O–H groups in total. The highest BCUT2D eigenvalue weighted by Crippen LogP contribution is 2.30. The van der Waals surface area contributed by atoms with Crippen molar-refractivity contribution in [1.29, 1.82) is 0 Å². The van der Waals surface area contributed by atoms with Crippen LogP contribution in [0, 0.1) is 0 Å². The van der Waals surface area contributed by atoms with Gasteiger partial charge in [0.25, 0.3) is 0 Å². The second kappa shape index (κ2) is 5.26. The number of alkyl halides is 3. The first-order chi connectivity index (χ1) is 10.4. The van der Waals surface area contributed by atoms with Crippen LogP contribution in [0.3, 0.4) is 0 Å². The van der Waals surface area contributed by atoms with Crippen LogP contribution in [0.1, 0.15) is 21.5 Å². The third kappa shape index (κ3) is 2.70. The third-order valence-electron chi connectivity index (χ3n) is 3.30. The minimum Gasteiger partial charge on any atom is -0.289 e. The van der Waals surface area contributed by atoms with E-state index in [2.05, 4.69) is 4.98 Å². The Kier molecular flexibility index (Phi) is 3.41. The van der Waals surface area contributed by atoms with E-state index >= 15 is 0 Å². The van der Waals surface area contributed by atoms with Gasteiger partial charge in [-0.2, -0.15) is 13.2 Å². The normalized spacial score (nSPS) is 11.6.